The maximum atomic E-state index is 12.1. The van der Waals surface area contributed by atoms with Crippen molar-refractivity contribution in [3.63, 3.8) is 0 Å². The quantitative estimate of drug-likeness (QED) is 0.775. The Morgan fingerprint density at radius 3 is 2.62 bits per heavy atom. The summed E-state index contributed by atoms with van der Waals surface area (Å²) in [5.74, 6) is 1.09. The van der Waals surface area contributed by atoms with Crippen LogP contribution in [0.1, 0.15) is 11.1 Å². The van der Waals surface area contributed by atoms with Crippen molar-refractivity contribution in [2.45, 2.75) is 24.8 Å². The van der Waals surface area contributed by atoms with E-state index in [1.165, 1.54) is 11.1 Å². The van der Waals surface area contributed by atoms with Crippen LogP contribution >= 0.6 is 23.4 Å². The van der Waals surface area contributed by atoms with Crippen LogP contribution in [0.5, 0.6) is 0 Å². The van der Waals surface area contributed by atoms with Gasteiger partial charge >= 0.3 is 0 Å². The van der Waals surface area contributed by atoms with Gasteiger partial charge in [-0.05, 0) is 42.3 Å². The maximum absolute atomic E-state index is 12.1. The SMILES string of the molecule is Cc1ccccc1CSC1=N[C@H]2CS(=O)(=O)C[C@@H]2N1c1ccc(Cl)cc1. The van der Waals surface area contributed by atoms with E-state index in [-0.39, 0.29) is 23.6 Å². The zero-order valence-corrected chi connectivity index (χ0v) is 16.7. The van der Waals surface area contributed by atoms with Gasteiger partial charge in [0.25, 0.3) is 0 Å². The van der Waals surface area contributed by atoms with E-state index in [1.54, 1.807) is 11.8 Å². The summed E-state index contributed by atoms with van der Waals surface area (Å²) < 4.78 is 24.2. The number of amidine groups is 1. The normalized spacial score (nSPS) is 23.8. The number of halogens is 1. The molecule has 136 valence electrons. The monoisotopic (exact) mass is 406 g/mol. The van der Waals surface area contributed by atoms with Crippen molar-refractivity contribution in [2.24, 2.45) is 4.99 Å². The van der Waals surface area contributed by atoms with E-state index in [9.17, 15) is 8.42 Å². The second kappa shape index (κ2) is 6.91. The number of sulfone groups is 1. The number of rotatable bonds is 3. The molecule has 4 nitrogen and oxygen atoms in total. The second-order valence-electron chi connectivity index (χ2n) is 6.68. The Labute approximate surface area is 163 Å². The highest BCUT2D eigenvalue weighted by atomic mass is 35.5. The minimum absolute atomic E-state index is 0.124. The summed E-state index contributed by atoms with van der Waals surface area (Å²) in [5.41, 5.74) is 3.45. The molecule has 0 saturated carbocycles. The molecule has 2 aliphatic heterocycles. The van der Waals surface area contributed by atoms with Crippen molar-refractivity contribution < 1.29 is 8.42 Å². The molecule has 4 rings (SSSR count). The van der Waals surface area contributed by atoms with Gasteiger partial charge in [0.05, 0.1) is 23.6 Å². The third kappa shape index (κ3) is 3.50. The number of fused-ring (bicyclic) bond motifs is 1. The van der Waals surface area contributed by atoms with Gasteiger partial charge in [-0.1, -0.05) is 47.6 Å². The molecule has 0 spiro atoms. The van der Waals surface area contributed by atoms with Crippen molar-refractivity contribution in [1.82, 2.24) is 0 Å². The molecule has 1 fully saturated rings. The highest BCUT2D eigenvalue weighted by Crippen LogP contribution is 2.36. The first kappa shape index (κ1) is 17.9. The smallest absolute Gasteiger partial charge is 0.164 e. The molecule has 26 heavy (non-hydrogen) atoms. The van der Waals surface area contributed by atoms with Crippen LogP contribution in [-0.4, -0.2) is 37.2 Å². The van der Waals surface area contributed by atoms with Crippen molar-refractivity contribution >= 4 is 44.1 Å². The standard InChI is InChI=1S/C19H19ClN2O2S2/c1-13-4-2-3-5-14(13)10-25-19-21-17-11-26(23,24)12-18(17)22(19)16-8-6-15(20)7-9-16/h2-9,17-18H,10-12H2,1H3/t17-,18-/m0/s1. The lowest BCUT2D eigenvalue weighted by molar-refractivity contribution is 0.601. The average molecular weight is 407 g/mol. The molecule has 2 heterocycles. The summed E-state index contributed by atoms with van der Waals surface area (Å²) in [4.78, 5) is 6.84. The summed E-state index contributed by atoms with van der Waals surface area (Å²) in [6, 6.07) is 15.5. The molecule has 0 aliphatic carbocycles. The highest BCUT2D eigenvalue weighted by Gasteiger charge is 2.47. The first-order valence-electron chi connectivity index (χ1n) is 8.43. The van der Waals surface area contributed by atoms with Crippen LogP contribution < -0.4 is 4.90 Å². The number of aliphatic imine (C=N–C) groups is 1. The molecule has 2 aromatic rings. The molecule has 2 atom stereocenters. The maximum Gasteiger partial charge on any atom is 0.164 e. The van der Waals surface area contributed by atoms with E-state index in [2.05, 4.69) is 24.0 Å². The largest absolute Gasteiger partial charge is 0.315 e. The molecular weight excluding hydrogens is 388 g/mol. The van der Waals surface area contributed by atoms with Gasteiger partial charge in [-0.15, -0.1) is 0 Å². The number of thioether (sulfide) groups is 1. The van der Waals surface area contributed by atoms with Gasteiger partial charge in [0.15, 0.2) is 15.0 Å². The number of aryl methyl sites for hydroxylation is 1. The predicted octanol–water partition coefficient (Wildman–Crippen LogP) is 3.92. The molecule has 0 unspecified atom stereocenters. The van der Waals surface area contributed by atoms with E-state index < -0.39 is 9.84 Å². The Morgan fingerprint density at radius 2 is 1.88 bits per heavy atom. The molecule has 0 amide bonds. The van der Waals surface area contributed by atoms with E-state index in [0.29, 0.717) is 5.02 Å². The van der Waals surface area contributed by atoms with Crippen molar-refractivity contribution in [3.8, 4) is 0 Å². The minimum Gasteiger partial charge on any atom is -0.315 e. The molecular formula is C19H19ClN2O2S2. The third-order valence-corrected chi connectivity index (χ3v) is 7.80. The van der Waals surface area contributed by atoms with Gasteiger partial charge in [-0.2, -0.15) is 0 Å². The van der Waals surface area contributed by atoms with Crippen LogP contribution in [0.25, 0.3) is 0 Å². The summed E-state index contributed by atoms with van der Waals surface area (Å²) in [6.45, 7) is 2.10. The Balaban J connectivity index is 1.63. The van der Waals surface area contributed by atoms with Gasteiger partial charge < -0.3 is 4.90 Å². The van der Waals surface area contributed by atoms with Crippen LogP contribution in [0, 0.1) is 6.92 Å². The molecule has 2 aromatic carbocycles. The van der Waals surface area contributed by atoms with Crippen molar-refractivity contribution in [3.05, 3.63) is 64.7 Å². The van der Waals surface area contributed by atoms with Crippen LogP contribution in [0.2, 0.25) is 5.02 Å². The predicted molar refractivity (Wildman–Crippen MR) is 110 cm³/mol. The van der Waals surface area contributed by atoms with Crippen LogP contribution in [-0.2, 0) is 15.6 Å². The van der Waals surface area contributed by atoms with Crippen molar-refractivity contribution in [1.29, 1.82) is 0 Å². The van der Waals surface area contributed by atoms with Crippen LogP contribution in [0.15, 0.2) is 53.5 Å². The topological polar surface area (TPSA) is 49.7 Å². The zero-order valence-electron chi connectivity index (χ0n) is 14.3. The third-order valence-electron chi connectivity index (χ3n) is 4.83. The molecule has 0 bridgehead atoms. The summed E-state index contributed by atoms with van der Waals surface area (Å²) in [6.07, 6.45) is 0. The second-order valence-corrected chi connectivity index (χ2v) is 10.2. The Hall–Kier alpha value is -1.50. The van der Waals surface area contributed by atoms with E-state index >= 15 is 0 Å². The number of anilines is 1. The van der Waals surface area contributed by atoms with Gasteiger partial charge in [0.2, 0.25) is 0 Å². The van der Waals surface area contributed by atoms with Gasteiger partial charge in [-0.3, -0.25) is 4.99 Å². The van der Waals surface area contributed by atoms with E-state index in [0.717, 1.165) is 16.6 Å². The number of hydrogen-bond acceptors (Lipinski definition) is 5. The fraction of sp³-hybridized carbons (Fsp3) is 0.316. The summed E-state index contributed by atoms with van der Waals surface area (Å²) in [7, 11) is -3.04. The molecule has 2 aliphatic rings. The molecule has 1 saturated heterocycles. The van der Waals surface area contributed by atoms with Crippen LogP contribution in [0.3, 0.4) is 0 Å². The number of nitrogens with zero attached hydrogens (tertiary/aromatic N) is 2. The number of hydrogen-bond donors (Lipinski definition) is 0. The van der Waals surface area contributed by atoms with Gasteiger partial charge in [0.1, 0.15) is 0 Å². The van der Waals surface area contributed by atoms with Crippen molar-refractivity contribution in [2.75, 3.05) is 16.4 Å². The molecule has 0 N–H and O–H groups in total. The lowest BCUT2D eigenvalue weighted by Crippen LogP contribution is -2.39. The summed E-state index contributed by atoms with van der Waals surface area (Å²) in [5, 5.41) is 1.55. The lowest BCUT2D eigenvalue weighted by Gasteiger charge is -2.26. The first-order valence-corrected chi connectivity index (χ1v) is 11.6. The van der Waals surface area contributed by atoms with Gasteiger partial charge in [0, 0.05) is 16.5 Å². The zero-order chi connectivity index (χ0) is 18.3. The average Bonchev–Trinajstić information content (AvgIpc) is 3.06. The Bertz CT molecular complexity index is 958. The molecule has 7 heteroatoms. The Morgan fingerprint density at radius 1 is 1.15 bits per heavy atom. The Kier molecular flexibility index (Phi) is 4.75. The van der Waals surface area contributed by atoms with E-state index in [1.807, 2.05) is 36.4 Å². The lowest BCUT2D eigenvalue weighted by atomic mass is 10.1. The summed E-state index contributed by atoms with van der Waals surface area (Å²) >= 11 is 7.68. The van der Waals surface area contributed by atoms with Gasteiger partial charge in [-0.25, -0.2) is 8.42 Å². The van der Waals surface area contributed by atoms with Crippen LogP contribution in [0.4, 0.5) is 5.69 Å². The molecule has 0 aromatic heterocycles. The fourth-order valence-corrected chi connectivity index (χ4v) is 6.62. The fourth-order valence-electron chi connectivity index (χ4n) is 3.45. The highest BCUT2D eigenvalue weighted by molar-refractivity contribution is 8.13. The minimum atomic E-state index is -3.04. The molecule has 0 radical (unpaired) electrons. The number of benzene rings is 2. The van der Waals surface area contributed by atoms with E-state index in [4.69, 9.17) is 16.6 Å². The first-order chi connectivity index (χ1) is 12.4.